The first kappa shape index (κ1) is 20.4. The molecule has 26 heavy (non-hydrogen) atoms. The molecule has 3 heterocycles. The van der Waals surface area contributed by atoms with Gasteiger partial charge in [0.2, 0.25) is 0 Å². The Morgan fingerprint density at radius 1 is 1.54 bits per heavy atom. The molecule has 3 atom stereocenters. The minimum Gasteiger partial charge on any atom is -0.548 e. The van der Waals surface area contributed by atoms with Gasteiger partial charge in [0, 0.05) is 17.2 Å². The summed E-state index contributed by atoms with van der Waals surface area (Å²) in [6.07, 6.45) is 2.71. The SMILES string of the molecule is C[C@@]1(COC(=O)NN)CC2/C(=C\c3ccccn3)C(=O)N2[C@H]1C(=O)[O-].[Na+]. The Hall–Kier alpha value is -1.94. The molecule has 1 aromatic heterocycles. The number of pyridine rings is 1. The quantitative estimate of drug-likeness (QED) is 0.137. The minimum absolute atomic E-state index is 0. The predicted octanol–water partition coefficient (Wildman–Crippen LogP) is -4.19. The summed E-state index contributed by atoms with van der Waals surface area (Å²) in [6.45, 7) is 1.44. The number of carbonyl (C=O) groups excluding carboxylic acids is 3. The van der Waals surface area contributed by atoms with E-state index >= 15 is 0 Å². The van der Waals surface area contributed by atoms with Crippen molar-refractivity contribution in [1.29, 1.82) is 0 Å². The van der Waals surface area contributed by atoms with E-state index in [0.717, 1.165) is 0 Å². The van der Waals surface area contributed by atoms with Gasteiger partial charge in [0.25, 0.3) is 5.91 Å². The van der Waals surface area contributed by atoms with Crippen LogP contribution in [0.5, 0.6) is 0 Å². The summed E-state index contributed by atoms with van der Waals surface area (Å²) in [6, 6.07) is 3.74. The third kappa shape index (κ3) is 3.48. The molecule has 0 saturated carbocycles. The molecule has 0 radical (unpaired) electrons. The van der Waals surface area contributed by atoms with Crippen molar-refractivity contribution in [3.05, 3.63) is 35.7 Å². The van der Waals surface area contributed by atoms with Crippen LogP contribution in [-0.2, 0) is 14.3 Å². The van der Waals surface area contributed by atoms with E-state index in [1.165, 1.54) is 4.90 Å². The van der Waals surface area contributed by atoms with E-state index in [-0.39, 0.29) is 48.1 Å². The second kappa shape index (κ2) is 7.75. The summed E-state index contributed by atoms with van der Waals surface area (Å²) in [5.74, 6) is 3.20. The zero-order valence-corrected chi connectivity index (χ0v) is 16.5. The second-order valence-corrected chi connectivity index (χ2v) is 6.38. The van der Waals surface area contributed by atoms with Gasteiger partial charge in [-0.2, -0.15) is 0 Å². The monoisotopic (exact) mass is 368 g/mol. The van der Waals surface area contributed by atoms with Crippen molar-refractivity contribution in [3.63, 3.8) is 0 Å². The fourth-order valence-corrected chi connectivity index (χ4v) is 3.50. The van der Waals surface area contributed by atoms with E-state index in [1.54, 1.807) is 37.4 Å². The van der Waals surface area contributed by atoms with Gasteiger partial charge in [-0.15, -0.1) is 0 Å². The zero-order chi connectivity index (χ0) is 18.2. The number of fused-ring (bicyclic) bond motifs is 1. The molecule has 0 bridgehead atoms. The van der Waals surface area contributed by atoms with E-state index in [4.69, 9.17) is 10.6 Å². The smallest absolute Gasteiger partial charge is 0.548 e. The van der Waals surface area contributed by atoms with Crippen LogP contribution < -0.4 is 45.9 Å². The number of carboxylic acids is 1. The number of β-lactam (4-membered cyclic amide) rings is 1. The Bertz CT molecular complexity index is 756. The molecule has 10 heteroatoms. The molecule has 2 aliphatic rings. The van der Waals surface area contributed by atoms with Crippen molar-refractivity contribution >= 4 is 24.0 Å². The number of amides is 2. The van der Waals surface area contributed by atoms with Gasteiger partial charge in [-0.25, -0.2) is 10.6 Å². The molecule has 3 rings (SSSR count). The standard InChI is InChI=1S/C16H18N4O5.Na/c1-16(8-25-15(24)19-17)7-11-10(6-9-4-2-3-5-18-9)13(21)20(11)12(16)14(22)23;/h2-6,11-12H,7-8,17H2,1H3,(H,19,24)(H,22,23);/q;+1/p-1/b10-6+;/t11?,12-,16-;/m0./s1. The number of carbonyl (C=O) groups is 3. The molecule has 2 fully saturated rings. The molecule has 3 N–H and O–H groups in total. The molecule has 2 aliphatic heterocycles. The topological polar surface area (TPSA) is 138 Å². The summed E-state index contributed by atoms with van der Waals surface area (Å²) in [4.78, 5) is 40.7. The van der Waals surface area contributed by atoms with Crippen LogP contribution in [0.2, 0.25) is 0 Å². The second-order valence-electron chi connectivity index (χ2n) is 6.38. The number of aromatic nitrogens is 1. The molecule has 2 amide bonds. The maximum atomic E-state index is 12.4. The average Bonchev–Trinajstić information content (AvgIpc) is 2.89. The van der Waals surface area contributed by atoms with Gasteiger partial charge >= 0.3 is 35.7 Å². The maximum Gasteiger partial charge on any atom is 1.00 e. The van der Waals surface area contributed by atoms with Crippen LogP contribution in [0.3, 0.4) is 0 Å². The van der Waals surface area contributed by atoms with Crippen molar-refractivity contribution in [2.45, 2.75) is 25.4 Å². The van der Waals surface area contributed by atoms with Gasteiger partial charge < -0.3 is 19.5 Å². The Morgan fingerprint density at radius 3 is 2.85 bits per heavy atom. The van der Waals surface area contributed by atoms with Crippen LogP contribution in [0.25, 0.3) is 6.08 Å². The largest absolute Gasteiger partial charge is 1.00 e. The molecular formula is C16H17N4NaO5. The van der Waals surface area contributed by atoms with Crippen LogP contribution in [0.1, 0.15) is 19.0 Å². The van der Waals surface area contributed by atoms with Gasteiger partial charge in [-0.3, -0.25) is 15.2 Å². The first-order chi connectivity index (χ1) is 11.9. The summed E-state index contributed by atoms with van der Waals surface area (Å²) < 4.78 is 4.94. The molecule has 132 valence electrons. The van der Waals surface area contributed by atoms with E-state index < -0.39 is 23.5 Å². The van der Waals surface area contributed by atoms with Gasteiger partial charge in [0.1, 0.15) is 6.61 Å². The molecule has 0 spiro atoms. The summed E-state index contributed by atoms with van der Waals surface area (Å²) in [5.41, 5.74) is 1.93. The number of rotatable bonds is 4. The van der Waals surface area contributed by atoms with Gasteiger partial charge in [0.05, 0.1) is 23.7 Å². The Morgan fingerprint density at radius 2 is 2.27 bits per heavy atom. The van der Waals surface area contributed by atoms with E-state index in [9.17, 15) is 19.5 Å². The van der Waals surface area contributed by atoms with Crippen molar-refractivity contribution in [1.82, 2.24) is 15.3 Å². The van der Waals surface area contributed by atoms with Gasteiger partial charge in [-0.05, 0) is 24.6 Å². The number of hydrogen-bond acceptors (Lipinski definition) is 7. The predicted molar refractivity (Wildman–Crippen MR) is 83.0 cm³/mol. The first-order valence-electron chi connectivity index (χ1n) is 7.67. The Kier molecular flexibility index (Phi) is 6.07. The number of carboxylic acid groups (broad SMARTS) is 1. The number of hydrogen-bond donors (Lipinski definition) is 2. The molecule has 1 aromatic rings. The number of nitrogens with two attached hydrogens (primary N) is 1. The number of nitrogens with zero attached hydrogens (tertiary/aromatic N) is 2. The molecule has 0 aliphatic carbocycles. The molecular weight excluding hydrogens is 351 g/mol. The molecule has 9 nitrogen and oxygen atoms in total. The van der Waals surface area contributed by atoms with E-state index in [2.05, 4.69) is 4.98 Å². The fraction of sp³-hybridized carbons (Fsp3) is 0.375. The fourth-order valence-electron chi connectivity index (χ4n) is 3.50. The van der Waals surface area contributed by atoms with Crippen molar-refractivity contribution < 1.29 is 53.8 Å². The van der Waals surface area contributed by atoms with Crippen LogP contribution >= 0.6 is 0 Å². The molecule has 0 aromatic carbocycles. The Labute approximate surface area is 171 Å². The number of nitrogens with one attached hydrogen (secondary N) is 1. The first-order valence-corrected chi connectivity index (χ1v) is 7.67. The van der Waals surface area contributed by atoms with Gasteiger partial charge in [-0.1, -0.05) is 13.0 Å². The number of hydrazine groups is 1. The molecule has 1 unspecified atom stereocenters. The van der Waals surface area contributed by atoms with Crippen molar-refractivity contribution in [2.75, 3.05) is 6.61 Å². The average molecular weight is 368 g/mol. The summed E-state index contributed by atoms with van der Waals surface area (Å²) >= 11 is 0. The van der Waals surface area contributed by atoms with Crippen LogP contribution in [-0.4, -0.2) is 46.5 Å². The number of ether oxygens (including phenoxy) is 1. The minimum atomic E-state index is -1.38. The summed E-state index contributed by atoms with van der Waals surface area (Å²) in [5, 5.41) is 11.6. The van der Waals surface area contributed by atoms with E-state index in [0.29, 0.717) is 17.7 Å². The normalized spacial score (nSPS) is 28.0. The van der Waals surface area contributed by atoms with Crippen LogP contribution in [0.4, 0.5) is 4.79 Å². The Balaban J connectivity index is 0.00000243. The third-order valence-corrected chi connectivity index (χ3v) is 4.64. The van der Waals surface area contributed by atoms with E-state index in [1.807, 2.05) is 5.43 Å². The van der Waals surface area contributed by atoms with Gasteiger partial charge in [0.15, 0.2) is 0 Å². The van der Waals surface area contributed by atoms with Crippen LogP contribution in [0, 0.1) is 5.41 Å². The van der Waals surface area contributed by atoms with Crippen LogP contribution in [0.15, 0.2) is 30.0 Å². The van der Waals surface area contributed by atoms with Crippen molar-refractivity contribution in [3.8, 4) is 0 Å². The summed E-state index contributed by atoms with van der Waals surface area (Å²) in [7, 11) is 0. The maximum absolute atomic E-state index is 12.4. The number of aliphatic carboxylic acids is 1. The third-order valence-electron chi connectivity index (χ3n) is 4.64. The molecule has 2 saturated heterocycles. The van der Waals surface area contributed by atoms with Crippen molar-refractivity contribution in [2.24, 2.45) is 11.3 Å². The zero-order valence-electron chi connectivity index (χ0n) is 14.5.